The molecule has 4 rings (SSSR count). The van der Waals surface area contributed by atoms with Gasteiger partial charge in [-0.25, -0.2) is 0 Å². The zero-order chi connectivity index (χ0) is 15.3. The van der Waals surface area contributed by atoms with Crippen molar-refractivity contribution in [2.24, 2.45) is 0 Å². The number of carbonyl (C=O) groups is 2. The molecule has 3 saturated heterocycles. The summed E-state index contributed by atoms with van der Waals surface area (Å²) in [4.78, 5) is 28.5. The molecule has 1 spiro atoms. The first-order valence-electron chi connectivity index (χ1n) is 7.61. The molecule has 0 saturated carbocycles. The SMILES string of the molecule is O=C(c1ccc(CO)cc1)N1CC[C@@]23OCCN2C(=O)C[C@@H]13. The largest absolute Gasteiger partial charge is 0.392 e. The van der Waals surface area contributed by atoms with Crippen molar-refractivity contribution in [1.29, 1.82) is 0 Å². The molecule has 0 radical (unpaired) electrons. The van der Waals surface area contributed by atoms with Crippen LogP contribution >= 0.6 is 0 Å². The minimum Gasteiger partial charge on any atom is -0.392 e. The number of nitrogens with zero attached hydrogens (tertiary/aromatic N) is 2. The van der Waals surface area contributed by atoms with Gasteiger partial charge in [-0.2, -0.15) is 0 Å². The predicted octanol–water partition coefficient (Wildman–Crippen LogP) is 0.352. The molecule has 2 atom stereocenters. The van der Waals surface area contributed by atoms with Crippen LogP contribution in [-0.2, 0) is 16.1 Å². The Labute approximate surface area is 128 Å². The van der Waals surface area contributed by atoms with E-state index in [0.717, 1.165) is 5.56 Å². The second-order valence-electron chi connectivity index (χ2n) is 6.06. The van der Waals surface area contributed by atoms with Gasteiger partial charge < -0.3 is 19.6 Å². The van der Waals surface area contributed by atoms with Crippen LogP contribution in [0.1, 0.15) is 28.8 Å². The standard InChI is InChI=1S/C16H18N2O4/c19-10-11-1-3-12(4-2-11)15(21)17-6-5-16-13(17)9-14(20)18(16)7-8-22-16/h1-4,13,19H,5-10H2/t13-,16+/m1/s1. The second-order valence-corrected chi connectivity index (χ2v) is 6.06. The highest BCUT2D eigenvalue weighted by Gasteiger charge is 2.62. The average Bonchev–Trinajstić information content (AvgIpc) is 3.18. The average molecular weight is 302 g/mol. The molecule has 0 aromatic heterocycles. The lowest BCUT2D eigenvalue weighted by Gasteiger charge is -2.31. The molecular weight excluding hydrogens is 284 g/mol. The lowest BCUT2D eigenvalue weighted by Crippen LogP contribution is -2.48. The fourth-order valence-electron chi connectivity index (χ4n) is 3.95. The Balaban J connectivity index is 1.61. The van der Waals surface area contributed by atoms with Crippen LogP contribution in [0, 0.1) is 0 Å². The summed E-state index contributed by atoms with van der Waals surface area (Å²) < 4.78 is 5.89. The Kier molecular flexibility index (Phi) is 2.99. The molecule has 3 aliphatic heterocycles. The lowest BCUT2D eigenvalue weighted by atomic mass is 10.1. The van der Waals surface area contributed by atoms with Crippen molar-refractivity contribution in [1.82, 2.24) is 9.80 Å². The summed E-state index contributed by atoms with van der Waals surface area (Å²) in [6, 6.07) is 6.76. The molecule has 3 heterocycles. The minimum absolute atomic E-state index is 0.0405. The van der Waals surface area contributed by atoms with Gasteiger partial charge in [0.25, 0.3) is 5.91 Å². The molecule has 3 aliphatic rings. The summed E-state index contributed by atoms with van der Waals surface area (Å²) in [7, 11) is 0. The second kappa shape index (κ2) is 4.79. The first-order chi connectivity index (χ1) is 10.7. The van der Waals surface area contributed by atoms with Crippen LogP contribution in [0.4, 0.5) is 0 Å². The summed E-state index contributed by atoms with van der Waals surface area (Å²) in [6.07, 6.45) is 1.03. The van der Waals surface area contributed by atoms with Gasteiger partial charge in [0.1, 0.15) is 0 Å². The highest BCUT2D eigenvalue weighted by atomic mass is 16.5. The van der Waals surface area contributed by atoms with Crippen LogP contribution in [0.5, 0.6) is 0 Å². The number of aliphatic hydroxyl groups excluding tert-OH is 1. The number of likely N-dealkylation sites (tertiary alicyclic amines) is 1. The summed E-state index contributed by atoms with van der Waals surface area (Å²) >= 11 is 0. The van der Waals surface area contributed by atoms with Gasteiger partial charge in [-0.15, -0.1) is 0 Å². The van der Waals surface area contributed by atoms with Crippen molar-refractivity contribution in [3.8, 4) is 0 Å². The van der Waals surface area contributed by atoms with Gasteiger partial charge in [0.2, 0.25) is 5.91 Å². The van der Waals surface area contributed by atoms with E-state index in [1.54, 1.807) is 34.1 Å². The van der Waals surface area contributed by atoms with Crippen molar-refractivity contribution >= 4 is 11.8 Å². The van der Waals surface area contributed by atoms with Gasteiger partial charge in [0.05, 0.1) is 25.7 Å². The highest BCUT2D eigenvalue weighted by Crippen LogP contribution is 2.45. The molecule has 1 aromatic rings. The number of rotatable bonds is 2. The lowest BCUT2D eigenvalue weighted by molar-refractivity contribution is -0.136. The van der Waals surface area contributed by atoms with Crippen LogP contribution in [0.3, 0.4) is 0 Å². The van der Waals surface area contributed by atoms with E-state index in [-0.39, 0.29) is 24.5 Å². The van der Waals surface area contributed by atoms with Gasteiger partial charge in [0, 0.05) is 25.1 Å². The molecule has 1 aromatic carbocycles. The quantitative estimate of drug-likeness (QED) is 0.856. The number of carbonyl (C=O) groups excluding carboxylic acids is 2. The summed E-state index contributed by atoms with van der Waals surface area (Å²) in [5, 5.41) is 9.08. The molecule has 3 fully saturated rings. The van der Waals surface area contributed by atoms with E-state index in [1.165, 1.54) is 0 Å². The highest BCUT2D eigenvalue weighted by molar-refractivity contribution is 5.96. The number of hydrogen-bond donors (Lipinski definition) is 1. The third-order valence-electron chi connectivity index (χ3n) is 5.04. The fraction of sp³-hybridized carbons (Fsp3) is 0.500. The van der Waals surface area contributed by atoms with Crippen molar-refractivity contribution in [3.63, 3.8) is 0 Å². The van der Waals surface area contributed by atoms with E-state index >= 15 is 0 Å². The van der Waals surface area contributed by atoms with Gasteiger partial charge >= 0.3 is 0 Å². The molecule has 6 heteroatoms. The smallest absolute Gasteiger partial charge is 0.254 e. The third-order valence-corrected chi connectivity index (χ3v) is 5.04. The van der Waals surface area contributed by atoms with E-state index in [0.29, 0.717) is 38.1 Å². The van der Waals surface area contributed by atoms with Crippen LogP contribution in [-0.4, -0.2) is 58.2 Å². The molecule has 0 aliphatic carbocycles. The summed E-state index contributed by atoms with van der Waals surface area (Å²) in [5.74, 6) is 0.00661. The Morgan fingerprint density at radius 1 is 1.32 bits per heavy atom. The van der Waals surface area contributed by atoms with Gasteiger partial charge in [-0.05, 0) is 17.7 Å². The first-order valence-corrected chi connectivity index (χ1v) is 7.61. The van der Waals surface area contributed by atoms with E-state index in [4.69, 9.17) is 9.84 Å². The monoisotopic (exact) mass is 302 g/mol. The number of benzene rings is 1. The maximum Gasteiger partial charge on any atom is 0.254 e. The van der Waals surface area contributed by atoms with Crippen LogP contribution in [0.25, 0.3) is 0 Å². The molecule has 1 N–H and O–H groups in total. The van der Waals surface area contributed by atoms with Crippen LogP contribution < -0.4 is 0 Å². The van der Waals surface area contributed by atoms with Crippen LogP contribution in [0.2, 0.25) is 0 Å². The normalized spacial score (nSPS) is 29.9. The predicted molar refractivity (Wildman–Crippen MR) is 76.8 cm³/mol. The topological polar surface area (TPSA) is 70.1 Å². The van der Waals surface area contributed by atoms with Crippen LogP contribution in [0.15, 0.2) is 24.3 Å². The van der Waals surface area contributed by atoms with E-state index in [1.807, 2.05) is 0 Å². The molecule has 116 valence electrons. The van der Waals surface area contributed by atoms with E-state index < -0.39 is 5.72 Å². The Morgan fingerprint density at radius 3 is 2.82 bits per heavy atom. The zero-order valence-corrected chi connectivity index (χ0v) is 12.2. The number of ether oxygens (including phenoxy) is 1. The summed E-state index contributed by atoms with van der Waals surface area (Å²) in [5.41, 5.74) is 0.770. The first kappa shape index (κ1) is 13.7. The summed E-state index contributed by atoms with van der Waals surface area (Å²) in [6.45, 7) is 1.74. The third kappa shape index (κ3) is 1.74. The van der Waals surface area contributed by atoms with Gasteiger partial charge in [-0.1, -0.05) is 12.1 Å². The Hall–Kier alpha value is -1.92. The van der Waals surface area contributed by atoms with Gasteiger partial charge in [-0.3, -0.25) is 9.59 Å². The number of aliphatic hydroxyl groups is 1. The zero-order valence-electron chi connectivity index (χ0n) is 12.2. The number of hydrogen-bond acceptors (Lipinski definition) is 4. The Morgan fingerprint density at radius 2 is 2.09 bits per heavy atom. The maximum atomic E-state index is 12.8. The van der Waals surface area contributed by atoms with Crippen molar-refractivity contribution in [3.05, 3.63) is 35.4 Å². The molecule has 0 unspecified atom stereocenters. The van der Waals surface area contributed by atoms with Crippen molar-refractivity contribution in [2.75, 3.05) is 19.7 Å². The Bertz CT molecular complexity index is 630. The fourth-order valence-corrected chi connectivity index (χ4v) is 3.95. The number of amides is 2. The van der Waals surface area contributed by atoms with Gasteiger partial charge in [0.15, 0.2) is 5.72 Å². The van der Waals surface area contributed by atoms with Crippen molar-refractivity contribution < 1.29 is 19.4 Å². The van der Waals surface area contributed by atoms with Crippen molar-refractivity contribution in [2.45, 2.75) is 31.2 Å². The molecule has 0 bridgehead atoms. The molecule has 2 amide bonds. The molecule has 6 nitrogen and oxygen atoms in total. The van der Waals surface area contributed by atoms with E-state index in [9.17, 15) is 9.59 Å². The maximum absolute atomic E-state index is 12.8. The van der Waals surface area contributed by atoms with E-state index in [2.05, 4.69) is 0 Å². The molecular formula is C16H18N2O4. The minimum atomic E-state index is -0.586. The molecule has 22 heavy (non-hydrogen) atoms.